The molecule has 6 nitrogen and oxygen atoms in total. The summed E-state index contributed by atoms with van der Waals surface area (Å²) in [5.74, 6) is 0.771. The zero-order valence-electron chi connectivity index (χ0n) is 13.5. The van der Waals surface area contributed by atoms with Crippen molar-refractivity contribution in [1.82, 2.24) is 10.4 Å². The van der Waals surface area contributed by atoms with Gasteiger partial charge in [-0.2, -0.15) is 5.06 Å². The van der Waals surface area contributed by atoms with Gasteiger partial charge in [0.05, 0.1) is 0 Å². The van der Waals surface area contributed by atoms with Crippen LogP contribution in [0.4, 0.5) is 0 Å². The Bertz CT molecular complexity index is 412. The van der Waals surface area contributed by atoms with Gasteiger partial charge in [0.25, 0.3) is 0 Å². The van der Waals surface area contributed by atoms with Crippen molar-refractivity contribution in [3.8, 4) is 5.75 Å². The van der Waals surface area contributed by atoms with Gasteiger partial charge in [-0.25, -0.2) is 0 Å². The molecule has 1 aliphatic heterocycles. The third-order valence-corrected chi connectivity index (χ3v) is 3.19. The number of benzene rings is 1. The summed E-state index contributed by atoms with van der Waals surface area (Å²) >= 11 is 0. The average molecular weight is 310 g/mol. The van der Waals surface area contributed by atoms with E-state index in [1.54, 1.807) is 0 Å². The van der Waals surface area contributed by atoms with Gasteiger partial charge >= 0.3 is 0 Å². The molecule has 1 aromatic rings. The van der Waals surface area contributed by atoms with E-state index < -0.39 is 12.6 Å². The molecule has 1 aliphatic rings. The van der Waals surface area contributed by atoms with Gasteiger partial charge in [0.2, 0.25) is 0 Å². The minimum atomic E-state index is -0.420. The second kappa shape index (κ2) is 9.07. The molecule has 1 saturated heterocycles. The molecule has 2 rings (SSSR count). The van der Waals surface area contributed by atoms with Crippen LogP contribution in [0.5, 0.6) is 5.75 Å². The Morgan fingerprint density at radius 1 is 0.909 bits per heavy atom. The third kappa shape index (κ3) is 6.29. The maximum Gasteiger partial charge on any atom is 0.199 e. The molecule has 0 bridgehead atoms. The molecule has 6 heteroatoms. The Hall–Kier alpha value is -1.18. The lowest BCUT2D eigenvalue weighted by atomic mass is 10.3. The minimum Gasteiger partial charge on any atom is -0.465 e. The molecule has 3 unspecified atom stereocenters. The van der Waals surface area contributed by atoms with Crippen molar-refractivity contribution in [3.05, 3.63) is 30.3 Å². The fraction of sp³-hybridized carbons (Fsp3) is 0.625. The Balaban J connectivity index is 1.66. The SMILES string of the molecule is CC(Oc1ccccc1)OC(C)OC(C)ON1CCNCC1. The molecule has 0 aromatic heterocycles. The van der Waals surface area contributed by atoms with Gasteiger partial charge in [-0.3, -0.25) is 4.84 Å². The quantitative estimate of drug-likeness (QED) is 0.741. The van der Waals surface area contributed by atoms with Gasteiger partial charge in [-0.15, -0.1) is 0 Å². The molecule has 0 radical (unpaired) electrons. The molecule has 1 heterocycles. The zero-order valence-corrected chi connectivity index (χ0v) is 13.5. The summed E-state index contributed by atoms with van der Waals surface area (Å²) in [4.78, 5) is 5.71. The molecule has 3 atom stereocenters. The Kier molecular flexibility index (Phi) is 7.08. The predicted octanol–water partition coefficient (Wildman–Crippen LogP) is 1.97. The fourth-order valence-corrected chi connectivity index (χ4v) is 2.27. The number of hydroxylamine groups is 2. The highest BCUT2D eigenvalue weighted by molar-refractivity contribution is 5.20. The van der Waals surface area contributed by atoms with E-state index in [9.17, 15) is 0 Å². The smallest absolute Gasteiger partial charge is 0.199 e. The second-order valence-electron chi connectivity index (χ2n) is 5.19. The van der Waals surface area contributed by atoms with Crippen LogP contribution < -0.4 is 10.1 Å². The molecule has 0 aliphatic carbocycles. The van der Waals surface area contributed by atoms with Crippen LogP contribution in [-0.4, -0.2) is 50.1 Å². The average Bonchev–Trinajstić information content (AvgIpc) is 2.48. The van der Waals surface area contributed by atoms with Gasteiger partial charge < -0.3 is 19.5 Å². The van der Waals surface area contributed by atoms with Crippen molar-refractivity contribution >= 4 is 0 Å². The summed E-state index contributed by atoms with van der Waals surface area (Å²) in [7, 11) is 0. The number of rotatable bonds is 8. The lowest BCUT2D eigenvalue weighted by molar-refractivity contribution is -0.326. The van der Waals surface area contributed by atoms with Crippen LogP contribution in [0.3, 0.4) is 0 Å². The molecule has 0 spiro atoms. The molecular weight excluding hydrogens is 284 g/mol. The summed E-state index contributed by atoms with van der Waals surface area (Å²) in [6.07, 6.45) is -1.18. The molecule has 22 heavy (non-hydrogen) atoms. The number of nitrogens with one attached hydrogen (secondary N) is 1. The van der Waals surface area contributed by atoms with Crippen LogP contribution in [0, 0.1) is 0 Å². The molecule has 1 aromatic carbocycles. The number of nitrogens with zero attached hydrogens (tertiary/aromatic N) is 1. The molecule has 0 amide bonds. The largest absolute Gasteiger partial charge is 0.465 e. The van der Waals surface area contributed by atoms with Crippen molar-refractivity contribution in [2.45, 2.75) is 39.6 Å². The highest BCUT2D eigenvalue weighted by Crippen LogP contribution is 2.13. The van der Waals surface area contributed by atoms with Crippen LogP contribution >= 0.6 is 0 Å². The third-order valence-electron chi connectivity index (χ3n) is 3.19. The molecule has 124 valence electrons. The van der Waals surface area contributed by atoms with Crippen molar-refractivity contribution < 1.29 is 19.0 Å². The van der Waals surface area contributed by atoms with E-state index >= 15 is 0 Å². The number of hydrogen-bond acceptors (Lipinski definition) is 6. The van der Waals surface area contributed by atoms with Crippen molar-refractivity contribution in [1.29, 1.82) is 0 Å². The number of ether oxygens (including phenoxy) is 3. The highest BCUT2D eigenvalue weighted by Gasteiger charge is 2.18. The lowest BCUT2D eigenvalue weighted by Crippen LogP contribution is -2.45. The van der Waals surface area contributed by atoms with E-state index in [0.717, 1.165) is 31.9 Å². The summed E-state index contributed by atoms with van der Waals surface area (Å²) in [6, 6.07) is 9.57. The lowest BCUT2D eigenvalue weighted by Gasteiger charge is -2.30. The highest BCUT2D eigenvalue weighted by atomic mass is 16.8. The topological polar surface area (TPSA) is 52.2 Å². The monoisotopic (exact) mass is 310 g/mol. The number of hydrogen-bond donors (Lipinski definition) is 1. The maximum absolute atomic E-state index is 5.71. The Morgan fingerprint density at radius 2 is 1.55 bits per heavy atom. The van der Waals surface area contributed by atoms with Crippen molar-refractivity contribution in [3.63, 3.8) is 0 Å². The van der Waals surface area contributed by atoms with Crippen molar-refractivity contribution in [2.24, 2.45) is 0 Å². The second-order valence-corrected chi connectivity index (χ2v) is 5.19. The fourth-order valence-electron chi connectivity index (χ4n) is 2.27. The standard InChI is InChI=1S/C16H26N2O4/c1-13(19-14(2)21-16-7-5-4-6-8-16)20-15(3)22-18-11-9-17-10-12-18/h4-8,13-15,17H,9-12H2,1-3H3. The number of piperazine rings is 1. The van der Waals surface area contributed by atoms with Gasteiger partial charge in [-0.1, -0.05) is 18.2 Å². The van der Waals surface area contributed by atoms with Crippen LogP contribution in [0.25, 0.3) is 0 Å². The van der Waals surface area contributed by atoms with E-state index in [1.165, 1.54) is 0 Å². The normalized spacial score (nSPS) is 20.3. The first kappa shape index (κ1) is 17.2. The molecule has 1 fully saturated rings. The van der Waals surface area contributed by atoms with Crippen LogP contribution in [0.1, 0.15) is 20.8 Å². The first-order chi connectivity index (χ1) is 10.6. The Morgan fingerprint density at radius 3 is 2.23 bits per heavy atom. The van der Waals surface area contributed by atoms with Crippen molar-refractivity contribution in [2.75, 3.05) is 26.2 Å². The summed E-state index contributed by atoms with van der Waals surface area (Å²) in [5.41, 5.74) is 0. The first-order valence-corrected chi connectivity index (χ1v) is 7.78. The predicted molar refractivity (Wildman–Crippen MR) is 83.2 cm³/mol. The maximum atomic E-state index is 5.71. The summed E-state index contributed by atoms with van der Waals surface area (Å²) in [6.45, 7) is 9.12. The zero-order chi connectivity index (χ0) is 15.8. The van der Waals surface area contributed by atoms with Gasteiger partial charge in [0, 0.05) is 26.2 Å². The van der Waals surface area contributed by atoms with Gasteiger partial charge in [0.1, 0.15) is 5.75 Å². The summed E-state index contributed by atoms with van der Waals surface area (Å²) in [5, 5.41) is 5.19. The molecular formula is C16H26N2O4. The van der Waals surface area contributed by atoms with Crippen LogP contribution in [0.2, 0.25) is 0 Å². The Labute approximate surface area is 132 Å². The molecule has 0 saturated carbocycles. The van der Waals surface area contributed by atoms with E-state index in [-0.39, 0.29) is 6.29 Å². The summed E-state index contributed by atoms with van der Waals surface area (Å²) < 4.78 is 17.0. The first-order valence-electron chi connectivity index (χ1n) is 7.78. The van der Waals surface area contributed by atoms with Crippen LogP contribution in [-0.2, 0) is 14.3 Å². The van der Waals surface area contributed by atoms with Gasteiger partial charge in [0.15, 0.2) is 18.9 Å². The van der Waals surface area contributed by atoms with E-state index in [4.69, 9.17) is 19.0 Å². The van der Waals surface area contributed by atoms with E-state index in [0.29, 0.717) is 0 Å². The van der Waals surface area contributed by atoms with Gasteiger partial charge in [-0.05, 0) is 32.9 Å². The van der Waals surface area contributed by atoms with E-state index in [2.05, 4.69) is 5.32 Å². The number of para-hydroxylation sites is 1. The molecule has 1 N–H and O–H groups in total. The van der Waals surface area contributed by atoms with E-state index in [1.807, 2.05) is 56.2 Å². The van der Waals surface area contributed by atoms with Crippen LogP contribution in [0.15, 0.2) is 30.3 Å². The minimum absolute atomic E-state index is 0.364.